The van der Waals surface area contributed by atoms with Crippen LogP contribution in [-0.2, 0) is 9.53 Å². The summed E-state index contributed by atoms with van der Waals surface area (Å²) in [5.74, 6) is 0.0354. The number of amides is 1. The summed E-state index contributed by atoms with van der Waals surface area (Å²) in [6.45, 7) is 11.4. The zero-order chi connectivity index (χ0) is 14.3. The predicted octanol–water partition coefficient (Wildman–Crippen LogP) is 2.02. The lowest BCUT2D eigenvalue weighted by Crippen LogP contribution is -2.54. The minimum atomic E-state index is -0.463. The van der Waals surface area contributed by atoms with E-state index < -0.39 is 6.04 Å². The molecule has 0 aromatic rings. The molecular weight excluding hydrogens is 228 g/mol. The third-order valence-electron chi connectivity index (χ3n) is 3.40. The highest BCUT2D eigenvalue weighted by Gasteiger charge is 2.33. The minimum absolute atomic E-state index is 0.0354. The van der Waals surface area contributed by atoms with E-state index in [0.29, 0.717) is 13.2 Å². The number of carbonyl (C=O) groups excluding carboxylic acids is 1. The lowest BCUT2D eigenvalue weighted by atomic mass is 9.86. The van der Waals surface area contributed by atoms with Gasteiger partial charge in [0, 0.05) is 19.7 Å². The third kappa shape index (κ3) is 4.94. The summed E-state index contributed by atoms with van der Waals surface area (Å²) in [7, 11) is 1.65. The van der Waals surface area contributed by atoms with Crippen LogP contribution in [0.15, 0.2) is 0 Å². The molecule has 0 aliphatic rings. The molecule has 0 aliphatic heterocycles. The van der Waals surface area contributed by atoms with Gasteiger partial charge in [-0.25, -0.2) is 0 Å². The molecule has 0 rings (SSSR count). The lowest BCUT2D eigenvalue weighted by Gasteiger charge is -2.36. The number of hydrogen-bond acceptors (Lipinski definition) is 3. The average molecular weight is 258 g/mol. The van der Waals surface area contributed by atoms with Crippen molar-refractivity contribution < 1.29 is 9.53 Å². The van der Waals surface area contributed by atoms with Gasteiger partial charge in [-0.2, -0.15) is 0 Å². The molecule has 0 saturated heterocycles. The predicted molar refractivity (Wildman–Crippen MR) is 75.4 cm³/mol. The summed E-state index contributed by atoms with van der Waals surface area (Å²) < 4.78 is 5.09. The maximum atomic E-state index is 12.5. The van der Waals surface area contributed by atoms with Crippen molar-refractivity contribution in [3.8, 4) is 0 Å². The highest BCUT2D eigenvalue weighted by molar-refractivity contribution is 5.82. The van der Waals surface area contributed by atoms with Crippen LogP contribution in [0.2, 0.25) is 0 Å². The van der Waals surface area contributed by atoms with E-state index in [9.17, 15) is 4.79 Å². The number of ether oxygens (including phenoxy) is 1. The van der Waals surface area contributed by atoms with Crippen LogP contribution in [0.1, 0.15) is 47.5 Å². The molecule has 4 heteroatoms. The molecule has 0 spiro atoms. The quantitative estimate of drug-likeness (QED) is 0.760. The summed E-state index contributed by atoms with van der Waals surface area (Å²) in [6, 6.07) is -0.212. The Labute approximate surface area is 112 Å². The molecular formula is C14H30N2O2. The maximum Gasteiger partial charge on any atom is 0.240 e. The molecule has 0 unspecified atom stereocenters. The van der Waals surface area contributed by atoms with Crippen LogP contribution in [0.3, 0.4) is 0 Å². The topological polar surface area (TPSA) is 55.6 Å². The normalized spacial score (nSPS) is 13.8. The van der Waals surface area contributed by atoms with Crippen LogP contribution in [0, 0.1) is 5.41 Å². The Bertz CT molecular complexity index is 245. The maximum absolute atomic E-state index is 12.5. The monoisotopic (exact) mass is 258 g/mol. The molecule has 1 atom stereocenters. The number of nitrogens with zero attached hydrogens (tertiary/aromatic N) is 1. The van der Waals surface area contributed by atoms with Gasteiger partial charge in [-0.1, -0.05) is 34.6 Å². The van der Waals surface area contributed by atoms with Gasteiger partial charge in [0.1, 0.15) is 0 Å². The minimum Gasteiger partial charge on any atom is -0.383 e. The largest absolute Gasteiger partial charge is 0.383 e. The van der Waals surface area contributed by atoms with Gasteiger partial charge in [0.05, 0.1) is 12.6 Å². The lowest BCUT2D eigenvalue weighted by molar-refractivity contribution is -0.138. The average Bonchev–Trinajstić information content (AvgIpc) is 2.31. The molecule has 0 bridgehead atoms. The highest BCUT2D eigenvalue weighted by atomic mass is 16.5. The second-order valence-corrected chi connectivity index (χ2v) is 5.84. The third-order valence-corrected chi connectivity index (χ3v) is 3.40. The van der Waals surface area contributed by atoms with Gasteiger partial charge in [0.25, 0.3) is 0 Å². The van der Waals surface area contributed by atoms with Crippen LogP contribution < -0.4 is 5.73 Å². The number of nitrogens with two attached hydrogens (primary N) is 1. The van der Waals surface area contributed by atoms with Gasteiger partial charge in [-0.15, -0.1) is 0 Å². The highest BCUT2D eigenvalue weighted by Crippen LogP contribution is 2.21. The molecule has 0 saturated carbocycles. The van der Waals surface area contributed by atoms with Crippen molar-refractivity contribution in [2.24, 2.45) is 11.1 Å². The van der Waals surface area contributed by atoms with Crippen molar-refractivity contribution in [1.82, 2.24) is 4.90 Å². The van der Waals surface area contributed by atoms with E-state index in [2.05, 4.69) is 13.8 Å². The molecule has 0 aromatic heterocycles. The molecule has 0 fully saturated rings. The summed E-state index contributed by atoms with van der Waals surface area (Å²) in [5, 5.41) is 0. The molecule has 2 N–H and O–H groups in total. The first-order valence-corrected chi connectivity index (χ1v) is 6.84. The van der Waals surface area contributed by atoms with E-state index in [1.54, 1.807) is 7.11 Å². The van der Waals surface area contributed by atoms with E-state index in [1.807, 2.05) is 25.7 Å². The zero-order valence-electron chi connectivity index (χ0n) is 12.8. The summed E-state index contributed by atoms with van der Waals surface area (Å²) in [6.07, 6.45) is 1.89. The van der Waals surface area contributed by atoms with Crippen LogP contribution >= 0.6 is 0 Å². The Morgan fingerprint density at radius 3 is 2.11 bits per heavy atom. The molecule has 108 valence electrons. The molecule has 1 amide bonds. The van der Waals surface area contributed by atoms with E-state index in [4.69, 9.17) is 10.5 Å². The Morgan fingerprint density at radius 1 is 1.28 bits per heavy atom. The second kappa shape index (κ2) is 7.74. The summed E-state index contributed by atoms with van der Waals surface area (Å²) in [4.78, 5) is 14.4. The van der Waals surface area contributed by atoms with Crippen molar-refractivity contribution in [2.75, 3.05) is 20.3 Å². The number of methoxy groups -OCH3 is 1. The molecule has 0 radical (unpaired) electrons. The fraction of sp³-hybridized carbons (Fsp3) is 0.929. The Kier molecular flexibility index (Phi) is 7.48. The van der Waals surface area contributed by atoms with Crippen LogP contribution in [0.5, 0.6) is 0 Å². The zero-order valence-corrected chi connectivity index (χ0v) is 12.8. The van der Waals surface area contributed by atoms with Gasteiger partial charge in [-0.05, 0) is 18.3 Å². The van der Waals surface area contributed by atoms with Gasteiger partial charge >= 0.3 is 0 Å². The molecule has 0 heterocycles. The summed E-state index contributed by atoms with van der Waals surface area (Å²) in [5.41, 5.74) is 5.87. The van der Waals surface area contributed by atoms with Gasteiger partial charge in [0.2, 0.25) is 5.91 Å². The summed E-state index contributed by atoms with van der Waals surface area (Å²) >= 11 is 0. The standard InChI is InChI=1S/C14H30N2O2/c1-7-11(8-2)16(9-10-18-6)13(17)12(15)14(3,4)5/h11-12H,7-10,15H2,1-6H3/t12-/m0/s1. The van der Waals surface area contributed by atoms with Gasteiger partial charge in [-0.3, -0.25) is 4.79 Å². The number of hydrogen-bond donors (Lipinski definition) is 1. The van der Waals surface area contributed by atoms with Crippen LogP contribution in [-0.4, -0.2) is 43.2 Å². The van der Waals surface area contributed by atoms with Crippen molar-refractivity contribution in [3.63, 3.8) is 0 Å². The first kappa shape index (κ1) is 17.4. The van der Waals surface area contributed by atoms with Crippen molar-refractivity contribution in [3.05, 3.63) is 0 Å². The van der Waals surface area contributed by atoms with Crippen LogP contribution in [0.4, 0.5) is 0 Å². The number of carbonyl (C=O) groups is 1. The van der Waals surface area contributed by atoms with Crippen molar-refractivity contribution in [2.45, 2.75) is 59.5 Å². The first-order valence-electron chi connectivity index (χ1n) is 6.84. The second-order valence-electron chi connectivity index (χ2n) is 5.84. The van der Waals surface area contributed by atoms with E-state index >= 15 is 0 Å². The smallest absolute Gasteiger partial charge is 0.240 e. The van der Waals surface area contributed by atoms with E-state index in [-0.39, 0.29) is 17.4 Å². The molecule has 0 aliphatic carbocycles. The van der Waals surface area contributed by atoms with Gasteiger partial charge < -0.3 is 15.4 Å². The van der Waals surface area contributed by atoms with E-state index in [0.717, 1.165) is 12.8 Å². The van der Waals surface area contributed by atoms with Crippen LogP contribution in [0.25, 0.3) is 0 Å². The Morgan fingerprint density at radius 2 is 1.78 bits per heavy atom. The van der Waals surface area contributed by atoms with Gasteiger partial charge in [0.15, 0.2) is 0 Å². The Balaban J connectivity index is 4.89. The fourth-order valence-corrected chi connectivity index (χ4v) is 1.94. The fourth-order valence-electron chi connectivity index (χ4n) is 1.94. The van der Waals surface area contributed by atoms with Crippen molar-refractivity contribution in [1.29, 1.82) is 0 Å². The Hall–Kier alpha value is -0.610. The SMILES string of the molecule is CCC(CC)N(CCOC)C(=O)[C@H](N)C(C)(C)C. The molecule has 4 nitrogen and oxygen atoms in total. The first-order chi connectivity index (χ1) is 8.29. The van der Waals surface area contributed by atoms with E-state index in [1.165, 1.54) is 0 Å². The van der Waals surface area contributed by atoms with Crippen molar-refractivity contribution >= 4 is 5.91 Å². The number of rotatable bonds is 7. The molecule has 0 aromatic carbocycles. The molecule has 18 heavy (non-hydrogen) atoms.